The fraction of sp³-hybridized carbons (Fsp3) is 0.0625. The van der Waals surface area contributed by atoms with E-state index in [0.717, 1.165) is 28.9 Å². The van der Waals surface area contributed by atoms with Gasteiger partial charge in [-0.05, 0) is 13.0 Å². The maximum absolute atomic E-state index is 12.0. The molecule has 0 spiro atoms. The molecule has 0 amide bonds. The molecule has 0 bridgehead atoms. The lowest BCUT2D eigenvalue weighted by Gasteiger charge is -2.13. The molecule has 0 aromatic heterocycles. The third-order valence-electron chi connectivity index (χ3n) is 3.48. The van der Waals surface area contributed by atoms with Crippen LogP contribution in [-0.2, 0) is 9.53 Å². The molecule has 1 aliphatic carbocycles. The van der Waals surface area contributed by atoms with E-state index in [2.05, 4.69) is 0 Å². The van der Waals surface area contributed by atoms with Crippen molar-refractivity contribution in [2.75, 3.05) is 0 Å². The van der Waals surface area contributed by atoms with Crippen molar-refractivity contribution >= 4 is 11.5 Å². The average Bonchev–Trinajstić information content (AvgIpc) is 2.84. The molecule has 116 valence electrons. The van der Waals surface area contributed by atoms with Crippen LogP contribution >= 0.6 is 0 Å². The number of ether oxygens (including phenoxy) is 1. The second-order valence-corrected chi connectivity index (χ2v) is 4.94. The number of allylic oxidation sites excluding steroid dienone is 5. The van der Waals surface area contributed by atoms with Gasteiger partial charge in [-0.2, -0.15) is 5.06 Å². The second kappa shape index (κ2) is 5.54. The molecule has 3 rings (SSSR count). The first-order valence-electron chi connectivity index (χ1n) is 6.75. The van der Waals surface area contributed by atoms with Crippen molar-refractivity contribution in [3.05, 3.63) is 87.1 Å². The first-order valence-corrected chi connectivity index (χ1v) is 6.75. The first kappa shape index (κ1) is 14.7. The largest absolute Gasteiger partial charge is 0.435 e. The third-order valence-corrected chi connectivity index (χ3v) is 3.48. The zero-order chi connectivity index (χ0) is 16.6. The van der Waals surface area contributed by atoms with Gasteiger partial charge in [0.15, 0.2) is 11.5 Å². The van der Waals surface area contributed by atoms with Gasteiger partial charge in [0.05, 0.1) is 16.2 Å². The summed E-state index contributed by atoms with van der Waals surface area (Å²) in [4.78, 5) is 22.3. The zero-order valence-corrected chi connectivity index (χ0v) is 12.1. The van der Waals surface area contributed by atoms with Gasteiger partial charge in [-0.1, -0.05) is 30.3 Å². The monoisotopic (exact) mass is 312 g/mol. The number of ketones is 1. The lowest BCUT2D eigenvalue weighted by atomic mass is 10.1. The van der Waals surface area contributed by atoms with Crippen LogP contribution in [0.15, 0.2) is 71.4 Å². The van der Waals surface area contributed by atoms with Gasteiger partial charge in [-0.15, -0.1) is 0 Å². The van der Waals surface area contributed by atoms with Crippen molar-refractivity contribution < 1.29 is 19.7 Å². The molecular weight excluding hydrogens is 300 g/mol. The van der Waals surface area contributed by atoms with E-state index in [0.29, 0.717) is 11.5 Å². The van der Waals surface area contributed by atoms with E-state index in [9.17, 15) is 20.1 Å². The Morgan fingerprint density at radius 3 is 2.57 bits per heavy atom. The van der Waals surface area contributed by atoms with Gasteiger partial charge in [-0.3, -0.25) is 20.1 Å². The van der Waals surface area contributed by atoms with Gasteiger partial charge in [0, 0.05) is 17.7 Å². The Hall–Kier alpha value is -3.19. The summed E-state index contributed by atoms with van der Waals surface area (Å²) in [6.45, 7) is 1.62. The average molecular weight is 312 g/mol. The molecule has 0 atom stereocenters. The Balaban J connectivity index is 2.05. The SMILES string of the molecule is CC1=C(c2ccccc2)OC(=C2C=C([N+](=O)[O-])C=CC2=O)N1O. The normalized spacial score (nSPS) is 20.7. The van der Waals surface area contributed by atoms with Crippen LogP contribution in [0.1, 0.15) is 12.5 Å². The van der Waals surface area contributed by atoms with E-state index in [1.807, 2.05) is 18.2 Å². The smallest absolute Gasteiger partial charge is 0.270 e. The number of carbonyl (C=O) groups is 1. The molecule has 0 fully saturated rings. The Bertz CT molecular complexity index is 818. The van der Waals surface area contributed by atoms with Crippen molar-refractivity contribution in [3.8, 4) is 0 Å². The molecule has 0 unspecified atom stereocenters. The van der Waals surface area contributed by atoms with E-state index in [4.69, 9.17) is 4.74 Å². The van der Waals surface area contributed by atoms with E-state index in [1.54, 1.807) is 19.1 Å². The van der Waals surface area contributed by atoms with Crippen molar-refractivity contribution in [2.45, 2.75) is 6.92 Å². The van der Waals surface area contributed by atoms with Crippen molar-refractivity contribution in [2.24, 2.45) is 0 Å². The Kier molecular flexibility index (Phi) is 3.55. The number of hydrogen-bond donors (Lipinski definition) is 1. The quantitative estimate of drug-likeness (QED) is 0.512. The minimum absolute atomic E-state index is 0.0769. The predicted octanol–water partition coefficient (Wildman–Crippen LogP) is 2.61. The molecule has 1 N–H and O–H groups in total. The second-order valence-electron chi connectivity index (χ2n) is 4.94. The van der Waals surface area contributed by atoms with Gasteiger partial charge >= 0.3 is 0 Å². The van der Waals surface area contributed by atoms with Gasteiger partial charge < -0.3 is 4.74 Å². The van der Waals surface area contributed by atoms with Crippen LogP contribution in [0, 0.1) is 10.1 Å². The maximum Gasteiger partial charge on any atom is 0.270 e. The van der Waals surface area contributed by atoms with E-state index in [1.165, 1.54) is 0 Å². The van der Waals surface area contributed by atoms with Crippen molar-refractivity contribution in [1.29, 1.82) is 0 Å². The van der Waals surface area contributed by atoms with Crippen molar-refractivity contribution in [1.82, 2.24) is 5.06 Å². The number of carbonyl (C=O) groups excluding carboxylic acids is 1. The van der Waals surface area contributed by atoms with E-state index in [-0.39, 0.29) is 17.2 Å². The van der Waals surface area contributed by atoms with Crippen LogP contribution in [0.4, 0.5) is 0 Å². The van der Waals surface area contributed by atoms with E-state index < -0.39 is 10.7 Å². The molecule has 1 aliphatic heterocycles. The van der Waals surface area contributed by atoms with Crippen LogP contribution in [0.2, 0.25) is 0 Å². The molecule has 0 saturated carbocycles. The van der Waals surface area contributed by atoms with Crippen LogP contribution in [-0.4, -0.2) is 21.0 Å². The lowest BCUT2D eigenvalue weighted by molar-refractivity contribution is -0.419. The highest BCUT2D eigenvalue weighted by Gasteiger charge is 2.32. The molecule has 7 nitrogen and oxygen atoms in total. The Labute approximate surface area is 131 Å². The molecular formula is C16H12N2O5. The number of hydroxylamine groups is 2. The summed E-state index contributed by atoms with van der Waals surface area (Å²) >= 11 is 0. The zero-order valence-electron chi connectivity index (χ0n) is 12.1. The number of hydrogen-bond acceptors (Lipinski definition) is 6. The van der Waals surface area contributed by atoms with E-state index >= 15 is 0 Å². The standard InChI is InChI=1S/C16H12N2O5/c1-10-15(11-5-3-2-4-6-11)23-16(17(10)20)13-9-12(18(21)22)7-8-14(13)19/h2-9,20H,1H3. The highest BCUT2D eigenvalue weighted by atomic mass is 16.6. The molecule has 7 heteroatoms. The number of nitro groups is 1. The summed E-state index contributed by atoms with van der Waals surface area (Å²) in [6.07, 6.45) is 3.27. The third kappa shape index (κ3) is 2.53. The maximum atomic E-state index is 12.0. The molecule has 1 heterocycles. The summed E-state index contributed by atoms with van der Waals surface area (Å²) in [5, 5.41) is 21.8. The molecule has 23 heavy (non-hydrogen) atoms. The van der Waals surface area contributed by atoms with Crippen LogP contribution in [0.3, 0.4) is 0 Å². The number of rotatable bonds is 2. The first-order chi connectivity index (χ1) is 11.0. The van der Waals surface area contributed by atoms with Crippen LogP contribution in [0.25, 0.3) is 5.76 Å². The highest BCUT2D eigenvalue weighted by Crippen LogP contribution is 2.36. The van der Waals surface area contributed by atoms with Gasteiger partial charge in [0.25, 0.3) is 5.70 Å². The molecule has 0 saturated heterocycles. The highest BCUT2D eigenvalue weighted by molar-refractivity contribution is 6.08. The minimum atomic E-state index is -0.613. The summed E-state index contributed by atoms with van der Waals surface area (Å²) in [5.74, 6) is -0.240. The Morgan fingerprint density at radius 2 is 1.91 bits per heavy atom. The fourth-order valence-electron chi connectivity index (χ4n) is 2.29. The van der Waals surface area contributed by atoms with Crippen LogP contribution in [0.5, 0.6) is 0 Å². The van der Waals surface area contributed by atoms with Gasteiger partial charge in [0.2, 0.25) is 5.88 Å². The lowest BCUT2D eigenvalue weighted by Crippen LogP contribution is -2.18. The summed E-state index contributed by atoms with van der Waals surface area (Å²) in [7, 11) is 0. The van der Waals surface area contributed by atoms with Gasteiger partial charge in [-0.25, -0.2) is 0 Å². The summed E-state index contributed by atoms with van der Waals surface area (Å²) in [6, 6.07) is 9.05. The molecule has 1 aromatic carbocycles. The van der Waals surface area contributed by atoms with Crippen molar-refractivity contribution in [3.63, 3.8) is 0 Å². The number of benzene rings is 1. The number of nitrogens with zero attached hydrogens (tertiary/aromatic N) is 2. The predicted molar refractivity (Wildman–Crippen MR) is 80.0 cm³/mol. The topological polar surface area (TPSA) is 92.9 Å². The molecule has 0 radical (unpaired) electrons. The molecule has 1 aromatic rings. The molecule has 2 aliphatic rings. The minimum Gasteiger partial charge on any atom is -0.435 e. The van der Waals surface area contributed by atoms with Gasteiger partial charge in [0.1, 0.15) is 0 Å². The summed E-state index contributed by atoms with van der Waals surface area (Å²) in [5.41, 5.74) is 0.774. The summed E-state index contributed by atoms with van der Waals surface area (Å²) < 4.78 is 5.62. The van der Waals surface area contributed by atoms with Crippen LogP contribution < -0.4 is 0 Å². The Morgan fingerprint density at radius 1 is 1.22 bits per heavy atom. The fourth-order valence-corrected chi connectivity index (χ4v) is 2.29.